The first-order valence-corrected chi connectivity index (χ1v) is 12.9. The van der Waals surface area contributed by atoms with Gasteiger partial charge in [-0.2, -0.15) is 4.31 Å². The molecule has 1 amide bonds. The van der Waals surface area contributed by atoms with Crippen molar-refractivity contribution < 1.29 is 17.9 Å². The van der Waals surface area contributed by atoms with Gasteiger partial charge in [-0.1, -0.05) is 60.7 Å². The summed E-state index contributed by atoms with van der Waals surface area (Å²) in [7, 11) is -3.66. The van der Waals surface area contributed by atoms with Crippen LogP contribution in [0.15, 0.2) is 89.8 Å². The molecule has 4 rings (SSSR count). The fourth-order valence-electron chi connectivity index (χ4n) is 4.24. The van der Waals surface area contributed by atoms with E-state index in [1.54, 1.807) is 17.0 Å². The van der Waals surface area contributed by atoms with Gasteiger partial charge in [0.25, 0.3) is 5.91 Å². The topological polar surface area (TPSA) is 66.9 Å². The standard InChI is InChI=1S/C27H30N2O4S/c1-21-17-29(18-22(2)33-21)34(31,32)26-15-13-25(14-16-26)27(30)28(19-23-9-5-3-6-10-23)20-24-11-7-4-8-12-24/h3-16,21-22H,17-20H2,1-2H3. The van der Waals surface area contributed by atoms with Gasteiger partial charge in [0.1, 0.15) is 0 Å². The van der Waals surface area contributed by atoms with Gasteiger partial charge in [-0.15, -0.1) is 0 Å². The number of morpholine rings is 1. The highest BCUT2D eigenvalue weighted by molar-refractivity contribution is 7.89. The van der Waals surface area contributed by atoms with Gasteiger partial charge in [0.15, 0.2) is 0 Å². The zero-order valence-corrected chi connectivity index (χ0v) is 20.3. The summed E-state index contributed by atoms with van der Waals surface area (Å²) in [6.07, 6.45) is -0.326. The highest BCUT2D eigenvalue weighted by Crippen LogP contribution is 2.22. The van der Waals surface area contributed by atoms with Crippen LogP contribution in [0.25, 0.3) is 0 Å². The van der Waals surface area contributed by atoms with Crippen LogP contribution in [0.1, 0.15) is 35.3 Å². The first-order valence-electron chi connectivity index (χ1n) is 11.5. The lowest BCUT2D eigenvalue weighted by atomic mass is 10.1. The lowest BCUT2D eigenvalue weighted by molar-refractivity contribution is -0.0440. The van der Waals surface area contributed by atoms with E-state index in [1.807, 2.05) is 74.5 Å². The number of benzene rings is 3. The SMILES string of the molecule is CC1CN(S(=O)(=O)c2ccc(C(=O)N(Cc3ccccc3)Cc3ccccc3)cc2)CC(C)O1. The predicted octanol–water partition coefficient (Wildman–Crippen LogP) is 4.33. The van der Waals surface area contributed by atoms with Crippen molar-refractivity contribution >= 4 is 15.9 Å². The third-order valence-electron chi connectivity index (χ3n) is 5.84. The smallest absolute Gasteiger partial charge is 0.254 e. The van der Waals surface area contributed by atoms with E-state index in [-0.39, 0.29) is 23.0 Å². The molecule has 0 radical (unpaired) electrons. The molecular weight excluding hydrogens is 448 g/mol. The minimum Gasteiger partial charge on any atom is -0.373 e. The Morgan fingerprint density at radius 2 is 1.29 bits per heavy atom. The highest BCUT2D eigenvalue weighted by Gasteiger charge is 2.32. The zero-order chi connectivity index (χ0) is 24.1. The first-order chi connectivity index (χ1) is 16.3. The number of sulfonamides is 1. The lowest BCUT2D eigenvalue weighted by Gasteiger charge is -2.34. The van der Waals surface area contributed by atoms with Crippen molar-refractivity contribution in [3.05, 3.63) is 102 Å². The van der Waals surface area contributed by atoms with Gasteiger partial charge in [-0.3, -0.25) is 4.79 Å². The number of carbonyl (C=O) groups is 1. The summed E-state index contributed by atoms with van der Waals surface area (Å²) in [4.78, 5) is 15.4. The second-order valence-corrected chi connectivity index (χ2v) is 10.7. The van der Waals surface area contributed by atoms with Crippen LogP contribution in [0.4, 0.5) is 0 Å². The average Bonchev–Trinajstić information content (AvgIpc) is 2.84. The largest absolute Gasteiger partial charge is 0.373 e. The summed E-state index contributed by atoms with van der Waals surface area (Å²) in [6, 6.07) is 25.9. The number of ether oxygens (including phenoxy) is 1. The van der Waals surface area contributed by atoms with Crippen molar-refractivity contribution in [1.29, 1.82) is 0 Å². The Balaban J connectivity index is 1.55. The number of carbonyl (C=O) groups excluding carboxylic acids is 1. The monoisotopic (exact) mass is 478 g/mol. The Hall–Kier alpha value is -3.00. The minimum absolute atomic E-state index is 0.148. The van der Waals surface area contributed by atoms with Crippen molar-refractivity contribution in [2.45, 2.75) is 44.0 Å². The van der Waals surface area contributed by atoms with Crippen LogP contribution in [0, 0.1) is 0 Å². The molecule has 3 aromatic rings. The predicted molar refractivity (Wildman–Crippen MR) is 132 cm³/mol. The Kier molecular flexibility index (Phi) is 7.46. The van der Waals surface area contributed by atoms with Crippen molar-refractivity contribution in [1.82, 2.24) is 9.21 Å². The van der Waals surface area contributed by atoms with Gasteiger partial charge in [-0.25, -0.2) is 8.42 Å². The molecule has 1 fully saturated rings. The molecule has 178 valence electrons. The molecule has 34 heavy (non-hydrogen) atoms. The Morgan fingerprint density at radius 1 is 0.824 bits per heavy atom. The molecule has 1 aliphatic rings. The van der Waals surface area contributed by atoms with Gasteiger partial charge < -0.3 is 9.64 Å². The number of amides is 1. The number of nitrogens with zero attached hydrogens (tertiary/aromatic N) is 2. The number of hydrogen-bond donors (Lipinski definition) is 0. The van der Waals surface area contributed by atoms with E-state index in [0.717, 1.165) is 11.1 Å². The number of rotatable bonds is 7. The molecule has 0 bridgehead atoms. The molecule has 6 nitrogen and oxygen atoms in total. The molecule has 2 atom stereocenters. The summed E-state index contributed by atoms with van der Waals surface area (Å²) in [5.74, 6) is -0.148. The summed E-state index contributed by atoms with van der Waals surface area (Å²) in [5.41, 5.74) is 2.51. The summed E-state index contributed by atoms with van der Waals surface area (Å²) in [6.45, 7) is 5.28. The second-order valence-electron chi connectivity index (χ2n) is 8.74. The molecule has 7 heteroatoms. The van der Waals surface area contributed by atoms with Gasteiger partial charge in [0.2, 0.25) is 10.0 Å². The molecule has 0 spiro atoms. The molecule has 0 aliphatic carbocycles. The van der Waals surface area contributed by atoms with Crippen LogP contribution in [0.3, 0.4) is 0 Å². The number of hydrogen-bond acceptors (Lipinski definition) is 4. The summed E-state index contributed by atoms with van der Waals surface area (Å²) >= 11 is 0. The lowest BCUT2D eigenvalue weighted by Crippen LogP contribution is -2.48. The second kappa shape index (κ2) is 10.5. The quantitative estimate of drug-likeness (QED) is 0.507. The van der Waals surface area contributed by atoms with Crippen LogP contribution in [-0.4, -0.2) is 48.8 Å². The molecule has 1 aliphatic heterocycles. The maximum absolute atomic E-state index is 13.5. The normalized spacial score (nSPS) is 19.0. The van der Waals surface area contributed by atoms with E-state index in [9.17, 15) is 13.2 Å². The zero-order valence-electron chi connectivity index (χ0n) is 19.5. The Labute approximate surface area is 201 Å². The third-order valence-corrected chi connectivity index (χ3v) is 7.69. The summed E-state index contributed by atoms with van der Waals surface area (Å²) < 4.78 is 33.4. The van der Waals surface area contributed by atoms with Gasteiger partial charge in [0, 0.05) is 31.7 Å². The van der Waals surface area contributed by atoms with E-state index in [1.165, 1.54) is 16.4 Å². The fourth-order valence-corrected chi connectivity index (χ4v) is 5.83. The minimum atomic E-state index is -3.66. The van der Waals surface area contributed by atoms with E-state index in [4.69, 9.17) is 4.74 Å². The molecule has 1 heterocycles. The third kappa shape index (κ3) is 5.73. The van der Waals surface area contributed by atoms with E-state index in [2.05, 4.69) is 0 Å². The molecule has 3 aromatic carbocycles. The van der Waals surface area contributed by atoms with E-state index in [0.29, 0.717) is 31.7 Å². The van der Waals surface area contributed by atoms with Gasteiger partial charge in [-0.05, 0) is 49.2 Å². The van der Waals surface area contributed by atoms with Crippen LogP contribution < -0.4 is 0 Å². The fraction of sp³-hybridized carbons (Fsp3) is 0.296. The van der Waals surface area contributed by atoms with Crippen LogP contribution >= 0.6 is 0 Å². The van der Waals surface area contributed by atoms with Crippen molar-refractivity contribution in [2.24, 2.45) is 0 Å². The van der Waals surface area contributed by atoms with E-state index < -0.39 is 10.0 Å². The van der Waals surface area contributed by atoms with Gasteiger partial charge >= 0.3 is 0 Å². The molecule has 1 saturated heterocycles. The highest BCUT2D eigenvalue weighted by atomic mass is 32.2. The maximum atomic E-state index is 13.5. The Morgan fingerprint density at radius 3 is 1.76 bits per heavy atom. The van der Waals surface area contributed by atoms with Crippen molar-refractivity contribution in [3.63, 3.8) is 0 Å². The maximum Gasteiger partial charge on any atom is 0.254 e. The molecule has 0 N–H and O–H groups in total. The van der Waals surface area contributed by atoms with Crippen LogP contribution in [0.5, 0.6) is 0 Å². The van der Waals surface area contributed by atoms with Gasteiger partial charge in [0.05, 0.1) is 17.1 Å². The van der Waals surface area contributed by atoms with Crippen LogP contribution in [0.2, 0.25) is 0 Å². The molecule has 0 saturated carbocycles. The van der Waals surface area contributed by atoms with Crippen molar-refractivity contribution in [3.8, 4) is 0 Å². The van der Waals surface area contributed by atoms with Crippen LogP contribution in [-0.2, 0) is 27.8 Å². The first kappa shape index (κ1) is 24.1. The average molecular weight is 479 g/mol. The molecule has 0 aromatic heterocycles. The molecule has 2 unspecified atom stereocenters. The Bertz CT molecular complexity index is 1150. The van der Waals surface area contributed by atoms with E-state index >= 15 is 0 Å². The summed E-state index contributed by atoms with van der Waals surface area (Å²) in [5, 5.41) is 0. The molecular formula is C27H30N2O4S. The van der Waals surface area contributed by atoms with Crippen molar-refractivity contribution in [2.75, 3.05) is 13.1 Å².